The van der Waals surface area contributed by atoms with E-state index in [1.165, 1.54) is 21.2 Å². The third-order valence-electron chi connectivity index (χ3n) is 4.78. The van der Waals surface area contributed by atoms with Crippen LogP contribution in [0.4, 0.5) is 0 Å². The molecule has 132 valence electrons. The van der Waals surface area contributed by atoms with Crippen LogP contribution in [-0.2, 0) is 6.42 Å². The van der Waals surface area contributed by atoms with Crippen molar-refractivity contribution >= 4 is 38.3 Å². The Bertz CT molecular complexity index is 1090. The first-order valence-corrected chi connectivity index (χ1v) is 9.61. The Morgan fingerprint density at radius 2 is 1.96 bits per heavy atom. The minimum atomic E-state index is -0.899. The van der Waals surface area contributed by atoms with Crippen LogP contribution in [0.5, 0.6) is 0 Å². The molecule has 5 heteroatoms. The highest BCUT2D eigenvalue weighted by atomic mass is 32.1. The van der Waals surface area contributed by atoms with Crippen LogP contribution in [0.3, 0.4) is 0 Å². The number of thiophene rings is 1. The molecule has 0 unspecified atom stereocenters. The van der Waals surface area contributed by atoms with Gasteiger partial charge in [-0.05, 0) is 55.6 Å². The molecular weight excluding hydrogens is 344 g/mol. The number of aromatic carboxylic acids is 1. The molecule has 0 aliphatic heterocycles. The lowest BCUT2D eigenvalue weighted by Crippen LogP contribution is -1.99. The Balaban J connectivity index is 1.92. The van der Waals surface area contributed by atoms with Gasteiger partial charge in [-0.1, -0.05) is 18.2 Å². The maximum atomic E-state index is 11.4. The predicted molar refractivity (Wildman–Crippen MR) is 108 cm³/mol. The second-order valence-electron chi connectivity index (χ2n) is 6.44. The quantitative estimate of drug-likeness (QED) is 0.420. The van der Waals surface area contributed by atoms with E-state index in [4.69, 9.17) is 5.73 Å². The molecule has 2 aromatic heterocycles. The molecule has 0 aliphatic rings. The number of fused-ring (bicyclic) bond motifs is 2. The highest BCUT2D eigenvalue weighted by Crippen LogP contribution is 2.38. The van der Waals surface area contributed by atoms with Crippen LogP contribution < -0.4 is 5.73 Å². The molecule has 0 spiro atoms. The summed E-state index contributed by atoms with van der Waals surface area (Å²) in [7, 11) is 0. The minimum absolute atomic E-state index is 0.318. The van der Waals surface area contributed by atoms with Gasteiger partial charge < -0.3 is 15.8 Å². The number of aromatic amines is 1. The Kier molecular flexibility index (Phi) is 4.49. The number of carboxylic acids is 1. The number of unbranched alkanes of at least 4 members (excludes halogenated alkanes) is 1. The molecule has 0 radical (unpaired) electrons. The van der Waals surface area contributed by atoms with E-state index in [0.29, 0.717) is 12.1 Å². The van der Waals surface area contributed by atoms with E-state index < -0.39 is 5.97 Å². The smallest absolute Gasteiger partial charge is 0.335 e. The maximum absolute atomic E-state index is 11.4. The SMILES string of the molecule is NCCCCc1c(-c2csc3ccccc23)[nH]c2ccc(C(=O)O)cc12. The molecule has 0 atom stereocenters. The molecule has 26 heavy (non-hydrogen) atoms. The summed E-state index contributed by atoms with van der Waals surface area (Å²) in [5.41, 5.74) is 10.4. The lowest BCUT2D eigenvalue weighted by Gasteiger charge is -2.05. The summed E-state index contributed by atoms with van der Waals surface area (Å²) in [6.45, 7) is 0.666. The number of aryl methyl sites for hydroxylation is 1. The first-order chi connectivity index (χ1) is 12.7. The van der Waals surface area contributed by atoms with E-state index in [0.717, 1.165) is 35.9 Å². The average molecular weight is 364 g/mol. The zero-order valence-electron chi connectivity index (χ0n) is 14.3. The van der Waals surface area contributed by atoms with E-state index in [-0.39, 0.29) is 0 Å². The van der Waals surface area contributed by atoms with Crippen molar-refractivity contribution in [2.75, 3.05) is 6.54 Å². The lowest BCUT2D eigenvalue weighted by molar-refractivity contribution is 0.0697. The standard InChI is InChI=1S/C21H20N2O2S/c22-10-4-3-6-15-16-11-13(21(24)25)8-9-18(16)23-20(15)17-12-26-19-7-2-1-5-14(17)19/h1-2,5,7-9,11-12,23H,3-4,6,10,22H2,(H,24,25). The summed E-state index contributed by atoms with van der Waals surface area (Å²) in [5, 5.41) is 13.8. The first-order valence-electron chi connectivity index (χ1n) is 8.73. The number of carbonyl (C=O) groups is 1. The Morgan fingerprint density at radius 3 is 2.77 bits per heavy atom. The summed E-state index contributed by atoms with van der Waals surface area (Å²) < 4.78 is 1.25. The van der Waals surface area contributed by atoms with Crippen molar-refractivity contribution in [3.05, 3.63) is 59.0 Å². The second kappa shape index (κ2) is 6.94. The number of nitrogens with two attached hydrogens (primary N) is 1. The number of aromatic nitrogens is 1. The number of hydrogen-bond acceptors (Lipinski definition) is 3. The summed E-state index contributed by atoms with van der Waals surface area (Å²) in [5.74, 6) is -0.899. The van der Waals surface area contributed by atoms with E-state index in [1.807, 2.05) is 6.07 Å². The van der Waals surface area contributed by atoms with Crippen LogP contribution in [0.15, 0.2) is 47.8 Å². The summed E-state index contributed by atoms with van der Waals surface area (Å²) in [4.78, 5) is 14.9. The second-order valence-corrected chi connectivity index (χ2v) is 7.35. The van der Waals surface area contributed by atoms with Gasteiger partial charge in [0.2, 0.25) is 0 Å². The highest BCUT2D eigenvalue weighted by molar-refractivity contribution is 7.17. The number of benzene rings is 2. The lowest BCUT2D eigenvalue weighted by atomic mass is 9.99. The van der Waals surface area contributed by atoms with Gasteiger partial charge in [0.25, 0.3) is 0 Å². The molecule has 4 nitrogen and oxygen atoms in total. The van der Waals surface area contributed by atoms with Crippen molar-refractivity contribution in [2.45, 2.75) is 19.3 Å². The predicted octanol–water partition coefficient (Wildman–Crippen LogP) is 5.03. The first kappa shape index (κ1) is 16.8. The van der Waals surface area contributed by atoms with Crippen molar-refractivity contribution in [1.82, 2.24) is 4.98 Å². The molecule has 0 fully saturated rings. The molecular formula is C21H20N2O2S. The molecule has 4 N–H and O–H groups in total. The summed E-state index contributed by atoms with van der Waals surface area (Å²) in [6, 6.07) is 13.7. The Labute approximate surface area is 155 Å². The fraction of sp³-hybridized carbons (Fsp3) is 0.190. The molecule has 0 saturated carbocycles. The van der Waals surface area contributed by atoms with Gasteiger partial charge in [0.15, 0.2) is 0 Å². The van der Waals surface area contributed by atoms with E-state index >= 15 is 0 Å². The number of nitrogens with one attached hydrogen (secondary N) is 1. The van der Waals surface area contributed by atoms with Crippen LogP contribution in [0, 0.1) is 0 Å². The van der Waals surface area contributed by atoms with Crippen molar-refractivity contribution < 1.29 is 9.90 Å². The zero-order chi connectivity index (χ0) is 18.1. The van der Waals surface area contributed by atoms with Gasteiger partial charge in [0.1, 0.15) is 0 Å². The van der Waals surface area contributed by atoms with Gasteiger partial charge in [-0.25, -0.2) is 4.79 Å². The Hall–Kier alpha value is -2.63. The van der Waals surface area contributed by atoms with E-state index in [2.05, 4.69) is 34.6 Å². The van der Waals surface area contributed by atoms with Gasteiger partial charge in [0.05, 0.1) is 11.3 Å². The van der Waals surface area contributed by atoms with Crippen LogP contribution in [0.2, 0.25) is 0 Å². The highest BCUT2D eigenvalue weighted by Gasteiger charge is 2.17. The Morgan fingerprint density at radius 1 is 1.12 bits per heavy atom. The summed E-state index contributed by atoms with van der Waals surface area (Å²) >= 11 is 1.73. The van der Waals surface area contributed by atoms with Gasteiger partial charge in [0, 0.05) is 31.9 Å². The number of hydrogen-bond donors (Lipinski definition) is 3. The van der Waals surface area contributed by atoms with Gasteiger partial charge >= 0.3 is 5.97 Å². The molecule has 0 aliphatic carbocycles. The van der Waals surface area contributed by atoms with E-state index in [9.17, 15) is 9.90 Å². The zero-order valence-corrected chi connectivity index (χ0v) is 15.1. The third kappa shape index (κ3) is 2.89. The van der Waals surface area contributed by atoms with Crippen molar-refractivity contribution in [1.29, 1.82) is 0 Å². The molecule has 2 aromatic carbocycles. The maximum Gasteiger partial charge on any atom is 0.335 e. The van der Waals surface area contributed by atoms with Crippen LogP contribution in [0.25, 0.3) is 32.2 Å². The molecule has 2 heterocycles. The van der Waals surface area contributed by atoms with Crippen LogP contribution in [-0.4, -0.2) is 22.6 Å². The topological polar surface area (TPSA) is 79.1 Å². The monoisotopic (exact) mass is 364 g/mol. The fourth-order valence-corrected chi connectivity index (χ4v) is 4.44. The molecule has 0 saturated heterocycles. The number of rotatable bonds is 6. The van der Waals surface area contributed by atoms with Gasteiger partial charge in [-0.3, -0.25) is 0 Å². The van der Waals surface area contributed by atoms with Gasteiger partial charge in [-0.2, -0.15) is 0 Å². The van der Waals surface area contributed by atoms with Crippen molar-refractivity contribution in [3.8, 4) is 11.3 Å². The van der Waals surface area contributed by atoms with Crippen LogP contribution >= 0.6 is 11.3 Å². The largest absolute Gasteiger partial charge is 0.478 e. The normalized spacial score (nSPS) is 11.4. The molecule has 4 rings (SSSR count). The third-order valence-corrected chi connectivity index (χ3v) is 5.75. The van der Waals surface area contributed by atoms with Crippen molar-refractivity contribution in [2.24, 2.45) is 5.73 Å². The summed E-state index contributed by atoms with van der Waals surface area (Å²) in [6.07, 6.45) is 2.81. The molecule has 0 bridgehead atoms. The van der Waals surface area contributed by atoms with E-state index in [1.54, 1.807) is 23.5 Å². The fourth-order valence-electron chi connectivity index (χ4n) is 3.49. The van der Waals surface area contributed by atoms with Crippen molar-refractivity contribution in [3.63, 3.8) is 0 Å². The van der Waals surface area contributed by atoms with Gasteiger partial charge in [-0.15, -0.1) is 11.3 Å². The number of H-pyrrole nitrogens is 1. The number of carboxylic acid groups (broad SMARTS) is 1. The molecule has 4 aromatic rings. The minimum Gasteiger partial charge on any atom is -0.478 e. The average Bonchev–Trinajstić information content (AvgIpc) is 3.22. The van der Waals surface area contributed by atoms with Crippen LogP contribution in [0.1, 0.15) is 28.8 Å². The molecule has 0 amide bonds.